The lowest BCUT2D eigenvalue weighted by Gasteiger charge is -2.17. The highest BCUT2D eigenvalue weighted by Gasteiger charge is 2.15. The summed E-state index contributed by atoms with van der Waals surface area (Å²) in [7, 11) is 1.87. The average Bonchev–Trinajstić information content (AvgIpc) is 2.87. The van der Waals surface area contributed by atoms with Gasteiger partial charge in [0, 0.05) is 23.1 Å². The van der Waals surface area contributed by atoms with Gasteiger partial charge in [-0.3, -0.25) is 9.69 Å². The van der Waals surface area contributed by atoms with E-state index in [-0.39, 0.29) is 0 Å². The van der Waals surface area contributed by atoms with Crippen LogP contribution in [0, 0.1) is 5.92 Å². The first-order valence-electron chi connectivity index (χ1n) is 6.57. The van der Waals surface area contributed by atoms with Crippen LogP contribution in [0.5, 0.6) is 0 Å². The van der Waals surface area contributed by atoms with E-state index in [1.165, 1.54) is 0 Å². The van der Waals surface area contributed by atoms with Crippen molar-refractivity contribution in [1.82, 2.24) is 9.88 Å². The lowest BCUT2D eigenvalue weighted by molar-refractivity contribution is -0.141. The smallest absolute Gasteiger partial charge is 0.307 e. The minimum Gasteiger partial charge on any atom is -0.481 e. The van der Waals surface area contributed by atoms with E-state index < -0.39 is 11.9 Å². The van der Waals surface area contributed by atoms with Gasteiger partial charge in [-0.2, -0.15) is 0 Å². The van der Waals surface area contributed by atoms with E-state index in [4.69, 9.17) is 9.52 Å². The third kappa shape index (κ3) is 4.41. The first-order chi connectivity index (χ1) is 9.95. The van der Waals surface area contributed by atoms with Crippen molar-refractivity contribution in [3.05, 3.63) is 40.7 Å². The molecule has 1 aromatic carbocycles. The molecule has 21 heavy (non-hydrogen) atoms. The Balaban J connectivity index is 2.00. The molecule has 0 radical (unpaired) electrons. The molecule has 2 aromatic rings. The lowest BCUT2D eigenvalue weighted by atomic mass is 10.2. The fraction of sp³-hybridized carbons (Fsp3) is 0.333. The number of carboxylic acid groups (broad SMARTS) is 1. The number of nitrogens with zero attached hydrogens (tertiary/aromatic N) is 2. The lowest BCUT2D eigenvalue weighted by Crippen LogP contribution is -2.28. The topological polar surface area (TPSA) is 66.6 Å². The summed E-state index contributed by atoms with van der Waals surface area (Å²) in [4.78, 5) is 17.2. The summed E-state index contributed by atoms with van der Waals surface area (Å²) < 4.78 is 6.47. The van der Waals surface area contributed by atoms with Gasteiger partial charge in [-0.05, 0) is 31.3 Å². The van der Waals surface area contributed by atoms with Gasteiger partial charge < -0.3 is 9.52 Å². The number of benzene rings is 1. The van der Waals surface area contributed by atoms with E-state index >= 15 is 0 Å². The van der Waals surface area contributed by atoms with Gasteiger partial charge in [-0.1, -0.05) is 22.9 Å². The molecule has 0 aliphatic carbocycles. The van der Waals surface area contributed by atoms with Gasteiger partial charge in [0.25, 0.3) is 0 Å². The number of carbonyl (C=O) groups is 1. The molecule has 1 atom stereocenters. The van der Waals surface area contributed by atoms with E-state index in [0.29, 0.717) is 19.0 Å². The van der Waals surface area contributed by atoms with Crippen molar-refractivity contribution in [2.45, 2.75) is 13.5 Å². The summed E-state index contributed by atoms with van der Waals surface area (Å²) in [5, 5.41) is 8.91. The molecule has 0 spiro atoms. The number of hydrogen-bond donors (Lipinski definition) is 1. The average molecular weight is 353 g/mol. The number of hydrogen-bond acceptors (Lipinski definition) is 4. The molecular formula is C15H17BrN2O3. The summed E-state index contributed by atoms with van der Waals surface area (Å²) in [6, 6.07) is 7.71. The van der Waals surface area contributed by atoms with E-state index in [1.54, 1.807) is 13.2 Å². The quantitative estimate of drug-likeness (QED) is 0.864. The molecule has 1 aromatic heterocycles. The standard InChI is InChI=1S/C15H17BrN2O3/c1-10(15(19)20)7-18(2)8-13-9-21-14(17-13)11-3-5-12(16)6-4-11/h3-6,9-10H,7-8H2,1-2H3,(H,19,20). The molecule has 112 valence electrons. The van der Waals surface area contributed by atoms with E-state index in [0.717, 1.165) is 15.7 Å². The van der Waals surface area contributed by atoms with Gasteiger partial charge in [-0.15, -0.1) is 0 Å². The minimum atomic E-state index is -0.794. The second-order valence-corrected chi connectivity index (χ2v) is 6.00. The van der Waals surface area contributed by atoms with E-state index in [2.05, 4.69) is 20.9 Å². The predicted octanol–water partition coefficient (Wildman–Crippen LogP) is 3.26. The van der Waals surface area contributed by atoms with Crippen LogP contribution < -0.4 is 0 Å². The fourth-order valence-corrected chi connectivity index (χ4v) is 2.26. The van der Waals surface area contributed by atoms with Crippen LogP contribution in [0.4, 0.5) is 0 Å². The van der Waals surface area contributed by atoms with Crippen molar-refractivity contribution < 1.29 is 14.3 Å². The SMILES string of the molecule is CC(CN(C)Cc1coc(-c2ccc(Br)cc2)n1)C(=O)O. The molecule has 5 nitrogen and oxygen atoms in total. The number of halogens is 1. The second kappa shape index (κ2) is 6.87. The number of oxazole rings is 1. The fourth-order valence-electron chi connectivity index (χ4n) is 1.99. The number of aliphatic carboxylic acids is 1. The third-order valence-corrected chi connectivity index (χ3v) is 3.61. The van der Waals surface area contributed by atoms with Crippen LogP contribution in [0.25, 0.3) is 11.5 Å². The number of aromatic nitrogens is 1. The van der Waals surface area contributed by atoms with Crippen LogP contribution in [0.2, 0.25) is 0 Å². The summed E-state index contributed by atoms with van der Waals surface area (Å²) >= 11 is 3.38. The maximum Gasteiger partial charge on any atom is 0.307 e. The second-order valence-electron chi connectivity index (χ2n) is 5.09. The molecule has 0 bridgehead atoms. The zero-order valence-corrected chi connectivity index (χ0v) is 13.5. The molecule has 0 amide bonds. The molecule has 6 heteroatoms. The number of rotatable bonds is 6. The molecule has 1 heterocycles. The van der Waals surface area contributed by atoms with Gasteiger partial charge in [0.15, 0.2) is 0 Å². The Morgan fingerprint density at radius 3 is 2.71 bits per heavy atom. The van der Waals surface area contributed by atoms with Gasteiger partial charge in [0.05, 0.1) is 11.6 Å². The normalized spacial score (nSPS) is 12.6. The van der Waals surface area contributed by atoms with Gasteiger partial charge in [-0.25, -0.2) is 4.98 Å². The van der Waals surface area contributed by atoms with Crippen LogP contribution in [-0.4, -0.2) is 34.6 Å². The van der Waals surface area contributed by atoms with Crippen LogP contribution in [0.15, 0.2) is 39.4 Å². The first kappa shape index (κ1) is 15.7. The Labute approximate surface area is 131 Å². The Morgan fingerprint density at radius 2 is 2.10 bits per heavy atom. The molecule has 1 unspecified atom stereocenters. The summed E-state index contributed by atoms with van der Waals surface area (Å²) in [5.74, 6) is -0.636. The predicted molar refractivity (Wildman–Crippen MR) is 82.8 cm³/mol. The first-order valence-corrected chi connectivity index (χ1v) is 7.36. The zero-order valence-electron chi connectivity index (χ0n) is 11.9. The Hall–Kier alpha value is -1.66. The minimum absolute atomic E-state index is 0.409. The van der Waals surface area contributed by atoms with Crippen LogP contribution in [-0.2, 0) is 11.3 Å². The van der Waals surface area contributed by atoms with Crippen molar-refractivity contribution >= 4 is 21.9 Å². The summed E-state index contributed by atoms with van der Waals surface area (Å²) in [6.07, 6.45) is 1.61. The molecule has 0 aliphatic heterocycles. The van der Waals surface area contributed by atoms with Crippen molar-refractivity contribution in [3.63, 3.8) is 0 Å². The Bertz CT molecular complexity index is 610. The molecule has 0 saturated heterocycles. The van der Waals surface area contributed by atoms with Gasteiger partial charge in [0.1, 0.15) is 6.26 Å². The Kier molecular flexibility index (Phi) is 5.14. The maximum absolute atomic E-state index is 10.8. The van der Waals surface area contributed by atoms with Crippen molar-refractivity contribution in [1.29, 1.82) is 0 Å². The van der Waals surface area contributed by atoms with Crippen molar-refractivity contribution in [3.8, 4) is 11.5 Å². The summed E-state index contributed by atoms with van der Waals surface area (Å²) in [5.41, 5.74) is 1.69. The highest BCUT2D eigenvalue weighted by molar-refractivity contribution is 9.10. The van der Waals surface area contributed by atoms with Gasteiger partial charge in [0.2, 0.25) is 5.89 Å². The van der Waals surface area contributed by atoms with Crippen molar-refractivity contribution in [2.24, 2.45) is 5.92 Å². The largest absolute Gasteiger partial charge is 0.481 e. The van der Waals surface area contributed by atoms with Crippen LogP contribution in [0.3, 0.4) is 0 Å². The number of carboxylic acids is 1. The molecule has 1 N–H and O–H groups in total. The van der Waals surface area contributed by atoms with E-state index in [1.807, 2.05) is 36.2 Å². The van der Waals surface area contributed by atoms with Gasteiger partial charge >= 0.3 is 5.97 Å². The highest BCUT2D eigenvalue weighted by Crippen LogP contribution is 2.21. The monoisotopic (exact) mass is 352 g/mol. The highest BCUT2D eigenvalue weighted by atomic mass is 79.9. The Morgan fingerprint density at radius 1 is 1.43 bits per heavy atom. The van der Waals surface area contributed by atoms with E-state index in [9.17, 15) is 4.79 Å². The molecule has 0 fully saturated rings. The summed E-state index contributed by atoms with van der Waals surface area (Å²) in [6.45, 7) is 2.71. The van der Waals surface area contributed by atoms with Crippen LogP contribution in [0.1, 0.15) is 12.6 Å². The molecular weight excluding hydrogens is 336 g/mol. The zero-order chi connectivity index (χ0) is 15.4. The maximum atomic E-state index is 10.8. The molecule has 0 aliphatic rings. The van der Waals surface area contributed by atoms with Crippen LogP contribution >= 0.6 is 15.9 Å². The van der Waals surface area contributed by atoms with Crippen molar-refractivity contribution in [2.75, 3.05) is 13.6 Å². The third-order valence-electron chi connectivity index (χ3n) is 3.08. The molecule has 0 saturated carbocycles. The molecule has 2 rings (SSSR count).